The van der Waals surface area contributed by atoms with Gasteiger partial charge in [0.15, 0.2) is 0 Å². The summed E-state index contributed by atoms with van der Waals surface area (Å²) in [7, 11) is -1.07. The molecule has 0 aliphatic heterocycles. The molecular formula is C8H19NOSi. The van der Waals surface area contributed by atoms with Crippen molar-refractivity contribution in [3.8, 4) is 0 Å². The van der Waals surface area contributed by atoms with Gasteiger partial charge in [0, 0.05) is 0 Å². The molecule has 0 aromatic rings. The molecule has 0 saturated carbocycles. The highest BCUT2D eigenvalue weighted by Crippen LogP contribution is 2.00. The molecule has 2 nitrogen and oxygen atoms in total. The summed E-state index contributed by atoms with van der Waals surface area (Å²) in [5.74, 6) is 0. The van der Waals surface area contributed by atoms with Gasteiger partial charge >= 0.3 is 0 Å². The Hall–Kier alpha value is -0.313. The second kappa shape index (κ2) is 4.54. The van der Waals surface area contributed by atoms with Crippen LogP contribution in [0.4, 0.5) is 0 Å². The van der Waals surface area contributed by atoms with E-state index in [0.29, 0.717) is 0 Å². The van der Waals surface area contributed by atoms with Crippen molar-refractivity contribution < 1.29 is 4.84 Å². The van der Waals surface area contributed by atoms with E-state index in [-0.39, 0.29) is 0 Å². The van der Waals surface area contributed by atoms with Crippen LogP contribution in [0.2, 0.25) is 19.6 Å². The summed E-state index contributed by atoms with van der Waals surface area (Å²) in [5, 5.41) is 3.98. The summed E-state index contributed by atoms with van der Waals surface area (Å²) >= 11 is 0. The van der Waals surface area contributed by atoms with Gasteiger partial charge in [0.1, 0.15) is 6.23 Å². The molecule has 0 fully saturated rings. The fourth-order valence-corrected chi connectivity index (χ4v) is 0.853. The van der Waals surface area contributed by atoms with Gasteiger partial charge < -0.3 is 4.84 Å². The molecule has 0 saturated heterocycles. The number of hydrogen-bond acceptors (Lipinski definition) is 2. The van der Waals surface area contributed by atoms with Gasteiger partial charge in [0.25, 0.3) is 0 Å². The predicted octanol–water partition coefficient (Wildman–Crippen LogP) is 2.67. The predicted molar refractivity (Wildman–Crippen MR) is 52.7 cm³/mol. The smallest absolute Gasteiger partial charge is 0.105 e. The first-order valence-electron chi connectivity index (χ1n) is 4.11. The van der Waals surface area contributed by atoms with Crippen molar-refractivity contribution in [1.29, 1.82) is 0 Å². The maximum Gasteiger partial charge on any atom is 0.105 e. The summed E-state index contributed by atoms with van der Waals surface area (Å²) in [6.45, 7) is 10.9. The zero-order chi connectivity index (χ0) is 8.91. The molecule has 0 spiro atoms. The zero-order valence-electron chi connectivity index (χ0n) is 8.27. The molecule has 0 unspecified atom stereocenters. The minimum Gasteiger partial charge on any atom is -0.400 e. The van der Waals surface area contributed by atoms with Crippen LogP contribution in [0.25, 0.3) is 0 Å². The summed E-state index contributed by atoms with van der Waals surface area (Å²) in [6, 6.07) is 0. The Morgan fingerprint density at radius 2 is 1.91 bits per heavy atom. The maximum atomic E-state index is 5.20. The van der Waals surface area contributed by atoms with Gasteiger partial charge in [-0.2, -0.15) is 0 Å². The van der Waals surface area contributed by atoms with Gasteiger partial charge in [0.05, 0.1) is 13.8 Å². The second-order valence-corrected chi connectivity index (χ2v) is 9.42. The van der Waals surface area contributed by atoms with E-state index in [4.69, 9.17) is 4.84 Å². The number of hydrogen-bond donors (Lipinski definition) is 0. The van der Waals surface area contributed by atoms with E-state index in [1.54, 1.807) is 0 Å². The van der Waals surface area contributed by atoms with Gasteiger partial charge in [-0.15, -0.1) is 0 Å². The zero-order valence-corrected chi connectivity index (χ0v) is 9.27. The molecule has 0 aromatic carbocycles. The van der Waals surface area contributed by atoms with Crippen molar-refractivity contribution in [2.75, 3.05) is 6.23 Å². The van der Waals surface area contributed by atoms with E-state index < -0.39 is 8.07 Å². The third-order valence-corrected chi connectivity index (χ3v) is 2.22. The fraction of sp³-hybridized carbons (Fsp3) is 0.875. The van der Waals surface area contributed by atoms with Crippen LogP contribution in [-0.4, -0.2) is 20.0 Å². The Kier molecular flexibility index (Phi) is 4.41. The van der Waals surface area contributed by atoms with E-state index in [9.17, 15) is 0 Å². The largest absolute Gasteiger partial charge is 0.400 e. The van der Waals surface area contributed by atoms with E-state index in [1.807, 2.05) is 6.92 Å². The van der Waals surface area contributed by atoms with Gasteiger partial charge in [-0.25, -0.2) is 0 Å². The second-order valence-electron chi connectivity index (χ2n) is 4.01. The maximum absolute atomic E-state index is 5.20. The highest BCUT2D eigenvalue weighted by atomic mass is 28.3. The lowest BCUT2D eigenvalue weighted by Crippen LogP contribution is -2.27. The van der Waals surface area contributed by atoms with Crippen LogP contribution in [0.3, 0.4) is 0 Å². The summed E-state index contributed by atoms with van der Waals surface area (Å²) in [4.78, 5) is 5.20. The molecule has 0 radical (unpaired) electrons. The van der Waals surface area contributed by atoms with E-state index in [0.717, 1.165) is 18.4 Å². The standard InChI is InChI=1S/C8H19NOSi/c1-6-8(2)9-10-7-11(3,4)5/h6-7H2,1-5H3. The molecule has 0 heterocycles. The molecule has 0 amide bonds. The molecule has 66 valence electrons. The first-order valence-corrected chi connectivity index (χ1v) is 7.82. The van der Waals surface area contributed by atoms with Crippen molar-refractivity contribution in [2.45, 2.75) is 39.9 Å². The van der Waals surface area contributed by atoms with Crippen LogP contribution in [0.1, 0.15) is 20.3 Å². The number of rotatable bonds is 4. The Morgan fingerprint density at radius 3 is 2.27 bits per heavy atom. The lowest BCUT2D eigenvalue weighted by Gasteiger charge is -2.12. The Labute approximate surface area is 70.6 Å². The fourth-order valence-electron chi connectivity index (χ4n) is 0.401. The first-order chi connectivity index (χ1) is 4.95. The molecular weight excluding hydrogens is 154 g/mol. The topological polar surface area (TPSA) is 21.6 Å². The van der Waals surface area contributed by atoms with E-state index in [2.05, 4.69) is 31.7 Å². The molecule has 0 N–H and O–H groups in total. The lowest BCUT2D eigenvalue weighted by molar-refractivity contribution is 0.185. The van der Waals surface area contributed by atoms with Crippen molar-refractivity contribution in [2.24, 2.45) is 5.16 Å². The Balaban J connectivity index is 3.57. The monoisotopic (exact) mass is 173 g/mol. The van der Waals surface area contributed by atoms with E-state index in [1.165, 1.54) is 0 Å². The quantitative estimate of drug-likeness (QED) is 0.364. The van der Waals surface area contributed by atoms with Gasteiger partial charge in [-0.3, -0.25) is 0 Å². The molecule has 0 rings (SSSR count). The van der Waals surface area contributed by atoms with Crippen molar-refractivity contribution in [1.82, 2.24) is 0 Å². The third kappa shape index (κ3) is 7.59. The Bertz CT molecular complexity index is 138. The lowest BCUT2D eigenvalue weighted by atomic mass is 10.3. The summed E-state index contributed by atoms with van der Waals surface area (Å²) in [5.41, 5.74) is 1.07. The van der Waals surface area contributed by atoms with Crippen LogP contribution in [-0.2, 0) is 4.84 Å². The normalized spacial score (nSPS) is 13.4. The highest BCUT2D eigenvalue weighted by molar-refractivity contribution is 6.76. The molecule has 11 heavy (non-hydrogen) atoms. The molecule has 0 aliphatic rings. The summed E-state index contributed by atoms with van der Waals surface area (Å²) in [6.07, 6.45) is 1.80. The minimum absolute atomic E-state index is 0.824. The van der Waals surface area contributed by atoms with Crippen LogP contribution in [0.15, 0.2) is 5.16 Å². The molecule has 0 aliphatic carbocycles. The van der Waals surface area contributed by atoms with Crippen molar-refractivity contribution in [3.63, 3.8) is 0 Å². The minimum atomic E-state index is -1.07. The third-order valence-electron chi connectivity index (χ3n) is 1.23. The molecule has 0 atom stereocenters. The van der Waals surface area contributed by atoms with Crippen LogP contribution < -0.4 is 0 Å². The molecule has 3 heteroatoms. The number of nitrogens with zero attached hydrogens (tertiary/aromatic N) is 1. The molecule has 0 bridgehead atoms. The Morgan fingerprint density at radius 1 is 1.36 bits per heavy atom. The van der Waals surface area contributed by atoms with Crippen molar-refractivity contribution in [3.05, 3.63) is 0 Å². The first kappa shape index (κ1) is 10.7. The number of oxime groups is 1. The molecule has 0 aromatic heterocycles. The highest BCUT2D eigenvalue weighted by Gasteiger charge is 2.13. The van der Waals surface area contributed by atoms with Crippen LogP contribution >= 0.6 is 0 Å². The van der Waals surface area contributed by atoms with Gasteiger partial charge in [-0.05, 0) is 13.3 Å². The average molecular weight is 173 g/mol. The summed E-state index contributed by atoms with van der Waals surface area (Å²) < 4.78 is 0. The van der Waals surface area contributed by atoms with Gasteiger partial charge in [0.2, 0.25) is 0 Å². The SMILES string of the molecule is CCC(C)=NOC[Si](C)(C)C. The van der Waals surface area contributed by atoms with Crippen molar-refractivity contribution >= 4 is 13.8 Å². The average Bonchev–Trinajstić information content (AvgIpc) is 1.85. The van der Waals surface area contributed by atoms with Gasteiger partial charge in [-0.1, -0.05) is 31.7 Å². The van der Waals surface area contributed by atoms with Crippen LogP contribution in [0, 0.1) is 0 Å². The van der Waals surface area contributed by atoms with Crippen LogP contribution in [0.5, 0.6) is 0 Å². The van der Waals surface area contributed by atoms with E-state index >= 15 is 0 Å².